The van der Waals surface area contributed by atoms with Gasteiger partial charge in [0, 0.05) is 57.3 Å². The molecule has 1 amide bonds. The van der Waals surface area contributed by atoms with Gasteiger partial charge in [0.2, 0.25) is 5.85 Å². The first-order valence-corrected chi connectivity index (χ1v) is 17.5. The Hall–Kier alpha value is -3.62. The minimum atomic E-state index is -4.33. The molecule has 3 fully saturated rings. The number of carboxylic acid groups (broad SMARTS) is 1. The number of carbonyl (C=O) groups is 3. The minimum Gasteiger partial charge on any atom is -0.481 e. The summed E-state index contributed by atoms with van der Waals surface area (Å²) in [5, 5.41) is 14.2. The number of hydrogen-bond donors (Lipinski definition) is 2. The van der Waals surface area contributed by atoms with Crippen LogP contribution in [-0.2, 0) is 20.7 Å². The maximum Gasteiger partial charge on any atom is 0.401 e. The number of ether oxygens (including phenoxy) is 1. The normalized spacial score (nSPS) is 22.3. The molecule has 1 unspecified atom stereocenters. The fraction of sp³-hybridized carbons (Fsp3) is 0.500. The van der Waals surface area contributed by atoms with Crippen molar-refractivity contribution in [3.05, 3.63) is 71.0 Å². The van der Waals surface area contributed by atoms with Gasteiger partial charge in [0.15, 0.2) is 5.78 Å². The van der Waals surface area contributed by atoms with Crippen LogP contribution in [0.1, 0.15) is 54.6 Å². The molecule has 0 radical (unpaired) electrons. The van der Waals surface area contributed by atoms with Crippen LogP contribution in [0.25, 0.3) is 10.8 Å². The van der Waals surface area contributed by atoms with Crippen LogP contribution < -0.4 is 5.32 Å². The van der Waals surface area contributed by atoms with Crippen molar-refractivity contribution in [3.8, 4) is 0 Å². The van der Waals surface area contributed by atoms with Gasteiger partial charge in [-0.15, -0.1) is 0 Å². The van der Waals surface area contributed by atoms with E-state index in [4.69, 9.17) is 16.3 Å². The molecule has 1 aromatic heterocycles. The molecule has 1 saturated carbocycles. The van der Waals surface area contributed by atoms with Gasteiger partial charge in [-0.1, -0.05) is 41.9 Å². The number of carboxylic acids is 1. The van der Waals surface area contributed by atoms with Gasteiger partial charge in [-0.2, -0.15) is 13.2 Å². The van der Waals surface area contributed by atoms with Gasteiger partial charge in [0.1, 0.15) is 5.69 Å². The maximum atomic E-state index is 14.7. The highest BCUT2D eigenvalue weighted by atomic mass is 35.5. The van der Waals surface area contributed by atoms with Gasteiger partial charge in [-0.05, 0) is 67.7 Å². The number of amides is 1. The maximum absolute atomic E-state index is 14.7. The SMILES string of the molecule is O=C(Nc1ccc(CC(=O)C(O[C@H]2CC[C@H](C(=O)O)CC2)(N2CCCC2)N2CCN(CC(F)(F)F)CC2)cc1Cl)c1nccc2ccccc12. The van der Waals surface area contributed by atoms with Crippen molar-refractivity contribution in [2.24, 2.45) is 5.92 Å². The Labute approximate surface area is 293 Å². The molecule has 10 nitrogen and oxygen atoms in total. The van der Waals surface area contributed by atoms with E-state index >= 15 is 0 Å². The highest BCUT2D eigenvalue weighted by molar-refractivity contribution is 6.34. The second-order valence-electron chi connectivity index (χ2n) is 13.4. The highest BCUT2D eigenvalue weighted by Crippen LogP contribution is 2.37. The molecule has 3 aromatic rings. The van der Waals surface area contributed by atoms with Crippen molar-refractivity contribution < 1.29 is 37.4 Å². The number of aromatic nitrogens is 1. The van der Waals surface area contributed by atoms with Crippen LogP contribution in [0.3, 0.4) is 0 Å². The Morgan fingerprint density at radius 2 is 1.60 bits per heavy atom. The molecule has 268 valence electrons. The number of piperazine rings is 1. The van der Waals surface area contributed by atoms with E-state index in [0.717, 1.165) is 18.2 Å². The number of rotatable bonds is 11. The number of benzene rings is 2. The Morgan fingerprint density at radius 3 is 2.26 bits per heavy atom. The van der Waals surface area contributed by atoms with E-state index in [1.165, 1.54) is 4.90 Å². The standard InChI is InChI=1S/C36H41ClF3N5O5/c37-29-21-24(7-12-30(29)42-33(47)32-28-6-2-1-5-25(28)13-14-41-32)22-31(46)36(44-15-3-4-16-44,50-27-10-8-26(9-11-27)34(48)49)45-19-17-43(18-20-45)23-35(38,39)40/h1-2,5-7,12-14,21,26-27H,3-4,8-11,15-20,22-23H2,(H,42,47)(H,48,49)/t26-,27-,36?. The summed E-state index contributed by atoms with van der Waals surface area (Å²) in [7, 11) is 0. The lowest BCUT2D eigenvalue weighted by Crippen LogP contribution is -2.71. The fourth-order valence-electron chi connectivity index (χ4n) is 7.46. The number of anilines is 1. The van der Waals surface area contributed by atoms with Gasteiger partial charge in [-0.3, -0.25) is 34.1 Å². The van der Waals surface area contributed by atoms with Crippen molar-refractivity contribution >= 4 is 45.7 Å². The van der Waals surface area contributed by atoms with Crippen molar-refractivity contribution in [1.82, 2.24) is 19.7 Å². The third kappa shape index (κ3) is 8.13. The summed E-state index contributed by atoms with van der Waals surface area (Å²) in [4.78, 5) is 49.1. The number of pyridine rings is 1. The Balaban J connectivity index is 1.24. The van der Waals surface area contributed by atoms with Crippen LogP contribution in [-0.4, -0.2) is 106 Å². The molecule has 0 bridgehead atoms. The number of nitrogens with one attached hydrogen (secondary N) is 1. The molecule has 2 aromatic carbocycles. The lowest BCUT2D eigenvalue weighted by Gasteiger charge is -2.52. The fourth-order valence-corrected chi connectivity index (χ4v) is 7.71. The number of halogens is 4. The molecule has 2 saturated heterocycles. The molecule has 1 atom stereocenters. The van der Waals surface area contributed by atoms with Crippen molar-refractivity contribution in [3.63, 3.8) is 0 Å². The monoisotopic (exact) mass is 715 g/mol. The van der Waals surface area contributed by atoms with Crippen molar-refractivity contribution in [2.45, 2.75) is 63.1 Å². The number of fused-ring (bicyclic) bond motifs is 1. The van der Waals surface area contributed by atoms with E-state index < -0.39 is 42.5 Å². The van der Waals surface area contributed by atoms with Crippen LogP contribution >= 0.6 is 11.6 Å². The second-order valence-corrected chi connectivity index (χ2v) is 13.8. The van der Waals surface area contributed by atoms with Crippen molar-refractivity contribution in [1.29, 1.82) is 0 Å². The number of hydrogen-bond acceptors (Lipinski definition) is 8. The van der Waals surface area contributed by atoms with E-state index in [1.807, 2.05) is 40.1 Å². The lowest BCUT2D eigenvalue weighted by molar-refractivity contribution is -0.262. The topological polar surface area (TPSA) is 115 Å². The molecule has 14 heteroatoms. The molecular formula is C36H41ClF3N5O5. The molecule has 3 heterocycles. The zero-order chi connectivity index (χ0) is 35.5. The summed E-state index contributed by atoms with van der Waals surface area (Å²) in [6.07, 6.45) is 0.180. The summed E-state index contributed by atoms with van der Waals surface area (Å²) < 4.78 is 46.6. The number of carbonyl (C=O) groups excluding carboxylic acids is 2. The van der Waals surface area contributed by atoms with Crippen LogP contribution in [0.2, 0.25) is 5.02 Å². The molecule has 1 aliphatic carbocycles. The molecule has 0 spiro atoms. The molecule has 2 aliphatic heterocycles. The van der Waals surface area contributed by atoms with Crippen LogP contribution in [0.4, 0.5) is 18.9 Å². The number of nitrogens with zero attached hydrogens (tertiary/aromatic N) is 4. The highest BCUT2D eigenvalue weighted by Gasteiger charge is 2.53. The third-order valence-corrected chi connectivity index (χ3v) is 10.3. The summed E-state index contributed by atoms with van der Waals surface area (Å²) in [6.45, 7) is 0.739. The zero-order valence-electron chi connectivity index (χ0n) is 27.6. The van der Waals surface area contributed by atoms with E-state index in [-0.39, 0.29) is 49.1 Å². The summed E-state index contributed by atoms with van der Waals surface area (Å²) in [6, 6.07) is 14.2. The summed E-state index contributed by atoms with van der Waals surface area (Å²) in [5.74, 6) is -3.57. The van der Waals surface area contributed by atoms with E-state index in [0.29, 0.717) is 55.4 Å². The minimum absolute atomic E-state index is 0.0808. The van der Waals surface area contributed by atoms with Gasteiger partial charge in [0.25, 0.3) is 5.91 Å². The Morgan fingerprint density at radius 1 is 0.920 bits per heavy atom. The van der Waals surface area contributed by atoms with Crippen LogP contribution in [0.15, 0.2) is 54.7 Å². The van der Waals surface area contributed by atoms with Crippen LogP contribution in [0.5, 0.6) is 0 Å². The van der Waals surface area contributed by atoms with E-state index in [9.17, 15) is 32.7 Å². The summed E-state index contributed by atoms with van der Waals surface area (Å²) >= 11 is 6.67. The predicted octanol–water partition coefficient (Wildman–Crippen LogP) is 5.84. The van der Waals surface area contributed by atoms with Crippen LogP contribution in [0, 0.1) is 5.92 Å². The van der Waals surface area contributed by atoms with E-state index in [2.05, 4.69) is 10.3 Å². The second kappa shape index (κ2) is 15.3. The molecular weight excluding hydrogens is 675 g/mol. The number of Topliss-reactive ketones (excluding diaryl/α,β-unsaturated/α-hetero) is 1. The van der Waals surface area contributed by atoms with E-state index in [1.54, 1.807) is 24.4 Å². The largest absolute Gasteiger partial charge is 0.481 e. The number of alkyl halides is 3. The first kappa shape index (κ1) is 36.2. The number of likely N-dealkylation sites (tertiary alicyclic amines) is 1. The predicted molar refractivity (Wildman–Crippen MR) is 182 cm³/mol. The first-order chi connectivity index (χ1) is 23.9. The molecule has 50 heavy (non-hydrogen) atoms. The molecule has 3 aliphatic rings. The van der Waals surface area contributed by atoms with Gasteiger partial charge in [0.05, 0.1) is 29.3 Å². The average Bonchev–Trinajstić information content (AvgIpc) is 3.64. The zero-order valence-corrected chi connectivity index (χ0v) is 28.4. The van der Waals surface area contributed by atoms with Gasteiger partial charge < -0.3 is 15.2 Å². The Bertz CT molecular complexity index is 1700. The lowest BCUT2D eigenvalue weighted by atomic mass is 9.87. The van der Waals surface area contributed by atoms with Gasteiger partial charge >= 0.3 is 12.1 Å². The molecule has 6 rings (SSSR count). The average molecular weight is 716 g/mol. The third-order valence-electron chi connectivity index (χ3n) is 9.99. The molecule has 2 N–H and O–H groups in total. The summed E-state index contributed by atoms with van der Waals surface area (Å²) in [5.41, 5.74) is 1.18. The van der Waals surface area contributed by atoms with Crippen molar-refractivity contribution in [2.75, 3.05) is 51.1 Å². The first-order valence-electron chi connectivity index (χ1n) is 17.1. The number of aliphatic carboxylic acids is 1. The smallest absolute Gasteiger partial charge is 0.401 e. The number of ketones is 1. The van der Waals surface area contributed by atoms with Gasteiger partial charge in [-0.25, -0.2) is 0 Å². The Kier molecular flexibility index (Phi) is 11.1. The quantitative estimate of drug-likeness (QED) is 0.253.